The van der Waals surface area contributed by atoms with Crippen molar-refractivity contribution in [2.24, 2.45) is 0 Å². The molecule has 1 N–H and O–H groups in total. The first-order chi connectivity index (χ1) is 9.24. The van der Waals surface area contributed by atoms with Gasteiger partial charge < -0.3 is 5.32 Å². The third kappa shape index (κ3) is 5.30. The van der Waals surface area contributed by atoms with Crippen LogP contribution in [0, 0.1) is 0 Å². The van der Waals surface area contributed by atoms with Gasteiger partial charge in [-0.2, -0.15) is 0 Å². The molecule has 0 saturated carbocycles. The number of benzene rings is 1. The van der Waals surface area contributed by atoms with Gasteiger partial charge >= 0.3 is 0 Å². The number of nitrogens with zero attached hydrogens (tertiary/aromatic N) is 2. The second kappa shape index (κ2) is 7.62. The molecule has 2 rings (SSSR count). The molecule has 19 heavy (non-hydrogen) atoms. The summed E-state index contributed by atoms with van der Waals surface area (Å²) in [4.78, 5) is 1.28. The van der Waals surface area contributed by atoms with Crippen LogP contribution in [0.15, 0.2) is 35.2 Å². The Bertz CT molecular complexity index is 482. The molecule has 0 aliphatic carbocycles. The average molecular weight is 293 g/mol. The molecule has 0 aliphatic heterocycles. The molecule has 0 aliphatic rings. The first kappa shape index (κ1) is 14.5. The molecular weight excluding hydrogens is 274 g/mol. The smallest absolute Gasteiger partial charge is 0.127 e. The van der Waals surface area contributed by atoms with Crippen molar-refractivity contribution < 1.29 is 0 Å². The van der Waals surface area contributed by atoms with Crippen LogP contribution in [-0.2, 0) is 12.2 Å². The summed E-state index contributed by atoms with van der Waals surface area (Å²) in [6.07, 6.45) is 0.964. The zero-order valence-corrected chi connectivity index (χ0v) is 12.9. The Hall–Kier alpha value is -0.910. The highest BCUT2D eigenvalue weighted by Gasteiger charge is 2.05. The molecule has 0 unspecified atom stereocenters. The van der Waals surface area contributed by atoms with Crippen molar-refractivity contribution >= 4 is 23.1 Å². The van der Waals surface area contributed by atoms with Gasteiger partial charge in [-0.25, -0.2) is 0 Å². The van der Waals surface area contributed by atoms with Gasteiger partial charge in [0.1, 0.15) is 10.0 Å². The topological polar surface area (TPSA) is 37.8 Å². The van der Waals surface area contributed by atoms with Crippen LogP contribution in [0.3, 0.4) is 0 Å². The summed E-state index contributed by atoms with van der Waals surface area (Å²) in [5.74, 6) is 0.902. The molecule has 0 bridgehead atoms. The predicted octanol–water partition coefficient (Wildman–Crippen LogP) is 3.37. The summed E-state index contributed by atoms with van der Waals surface area (Å²) in [5, 5.41) is 14.1. The van der Waals surface area contributed by atoms with Gasteiger partial charge in [0.25, 0.3) is 0 Å². The van der Waals surface area contributed by atoms with E-state index in [4.69, 9.17) is 0 Å². The van der Waals surface area contributed by atoms with Crippen molar-refractivity contribution in [2.45, 2.75) is 37.0 Å². The van der Waals surface area contributed by atoms with E-state index in [1.807, 2.05) is 17.8 Å². The van der Waals surface area contributed by atoms with E-state index >= 15 is 0 Å². The summed E-state index contributed by atoms with van der Waals surface area (Å²) < 4.78 is 0. The summed E-state index contributed by atoms with van der Waals surface area (Å²) >= 11 is 3.53. The largest absolute Gasteiger partial charge is 0.314 e. The molecule has 1 aromatic heterocycles. The Morgan fingerprint density at radius 1 is 1.16 bits per heavy atom. The monoisotopic (exact) mass is 293 g/mol. The van der Waals surface area contributed by atoms with Crippen LogP contribution in [0.5, 0.6) is 0 Å². The molecule has 3 nitrogen and oxygen atoms in total. The molecule has 1 heterocycles. The lowest BCUT2D eigenvalue weighted by Gasteiger charge is -2.05. The summed E-state index contributed by atoms with van der Waals surface area (Å²) in [7, 11) is 0. The van der Waals surface area contributed by atoms with Crippen molar-refractivity contribution in [3.8, 4) is 0 Å². The Balaban J connectivity index is 1.77. The van der Waals surface area contributed by atoms with Crippen LogP contribution < -0.4 is 5.32 Å². The number of thioether (sulfide) groups is 1. The maximum Gasteiger partial charge on any atom is 0.127 e. The third-order valence-electron chi connectivity index (χ3n) is 2.51. The molecule has 0 spiro atoms. The van der Waals surface area contributed by atoms with Crippen LogP contribution in [0.2, 0.25) is 0 Å². The van der Waals surface area contributed by atoms with Gasteiger partial charge in [-0.1, -0.05) is 32.0 Å². The lowest BCUT2D eigenvalue weighted by atomic mass is 10.3. The molecule has 0 atom stereocenters. The number of aromatic nitrogens is 2. The van der Waals surface area contributed by atoms with E-state index in [2.05, 4.69) is 53.6 Å². The van der Waals surface area contributed by atoms with Crippen LogP contribution >= 0.6 is 23.1 Å². The van der Waals surface area contributed by atoms with E-state index in [1.54, 1.807) is 11.3 Å². The molecule has 102 valence electrons. The van der Waals surface area contributed by atoms with Crippen LogP contribution in [0.1, 0.15) is 23.9 Å². The number of hydrogen-bond donors (Lipinski definition) is 1. The zero-order chi connectivity index (χ0) is 13.5. The lowest BCUT2D eigenvalue weighted by Crippen LogP contribution is -2.24. The van der Waals surface area contributed by atoms with Crippen LogP contribution in [-0.4, -0.2) is 22.8 Å². The lowest BCUT2D eigenvalue weighted by molar-refractivity contribution is 0.588. The molecule has 5 heteroatoms. The Kier molecular flexibility index (Phi) is 5.82. The maximum atomic E-state index is 4.25. The van der Waals surface area contributed by atoms with E-state index in [9.17, 15) is 0 Å². The quantitative estimate of drug-likeness (QED) is 0.794. The normalized spacial score (nSPS) is 11.1. The highest BCUT2D eigenvalue weighted by molar-refractivity contribution is 7.98. The van der Waals surface area contributed by atoms with E-state index in [1.165, 1.54) is 4.90 Å². The molecule has 0 radical (unpaired) electrons. The van der Waals surface area contributed by atoms with E-state index in [0.29, 0.717) is 6.04 Å². The van der Waals surface area contributed by atoms with E-state index in [0.717, 1.165) is 28.7 Å². The first-order valence-electron chi connectivity index (χ1n) is 6.46. The van der Waals surface area contributed by atoms with Crippen LogP contribution in [0.4, 0.5) is 0 Å². The molecule has 2 aromatic rings. The average Bonchev–Trinajstić information content (AvgIpc) is 2.85. The fourth-order valence-corrected chi connectivity index (χ4v) is 3.33. The standard InChI is InChI=1S/C14H19N3S2/c1-11(2)15-9-8-13-16-17-14(19-13)10-18-12-6-4-3-5-7-12/h3-7,11,15H,8-10H2,1-2H3. The van der Waals surface area contributed by atoms with Crippen molar-refractivity contribution in [2.75, 3.05) is 6.54 Å². The van der Waals surface area contributed by atoms with Crippen molar-refractivity contribution in [3.63, 3.8) is 0 Å². The van der Waals surface area contributed by atoms with Gasteiger partial charge in [0.2, 0.25) is 0 Å². The minimum absolute atomic E-state index is 0.529. The SMILES string of the molecule is CC(C)NCCc1nnc(CSc2ccccc2)s1. The van der Waals surface area contributed by atoms with Gasteiger partial charge in [-0.05, 0) is 12.1 Å². The van der Waals surface area contributed by atoms with Gasteiger partial charge in [0, 0.05) is 23.9 Å². The molecule has 1 aromatic carbocycles. The Morgan fingerprint density at radius 2 is 1.89 bits per heavy atom. The maximum absolute atomic E-state index is 4.25. The highest BCUT2D eigenvalue weighted by Crippen LogP contribution is 2.23. The molecule has 0 fully saturated rings. The van der Waals surface area contributed by atoms with Crippen molar-refractivity contribution in [1.82, 2.24) is 15.5 Å². The molecule has 0 amide bonds. The van der Waals surface area contributed by atoms with Gasteiger partial charge in [0.05, 0.1) is 5.75 Å². The number of hydrogen-bond acceptors (Lipinski definition) is 5. The Morgan fingerprint density at radius 3 is 2.63 bits per heavy atom. The Labute approximate surface area is 122 Å². The highest BCUT2D eigenvalue weighted by atomic mass is 32.2. The third-order valence-corrected chi connectivity index (χ3v) is 4.69. The molecule has 0 saturated heterocycles. The molecular formula is C14H19N3S2. The van der Waals surface area contributed by atoms with Gasteiger partial charge in [0.15, 0.2) is 0 Å². The van der Waals surface area contributed by atoms with Crippen molar-refractivity contribution in [3.05, 3.63) is 40.3 Å². The first-order valence-corrected chi connectivity index (χ1v) is 8.27. The summed E-state index contributed by atoms with van der Waals surface area (Å²) in [6.45, 7) is 5.28. The van der Waals surface area contributed by atoms with Gasteiger partial charge in [-0.3, -0.25) is 0 Å². The fourth-order valence-electron chi connectivity index (χ4n) is 1.58. The van der Waals surface area contributed by atoms with Crippen molar-refractivity contribution in [1.29, 1.82) is 0 Å². The fraction of sp³-hybridized carbons (Fsp3) is 0.429. The minimum atomic E-state index is 0.529. The van der Waals surface area contributed by atoms with Gasteiger partial charge in [-0.15, -0.1) is 33.3 Å². The zero-order valence-electron chi connectivity index (χ0n) is 11.3. The second-order valence-corrected chi connectivity index (χ2v) is 6.75. The second-order valence-electron chi connectivity index (χ2n) is 4.55. The minimum Gasteiger partial charge on any atom is -0.314 e. The van der Waals surface area contributed by atoms with Crippen LogP contribution in [0.25, 0.3) is 0 Å². The number of rotatable bonds is 7. The van der Waals surface area contributed by atoms with E-state index < -0.39 is 0 Å². The van der Waals surface area contributed by atoms with E-state index in [-0.39, 0.29) is 0 Å². The predicted molar refractivity (Wildman–Crippen MR) is 82.8 cm³/mol. The summed E-state index contributed by atoms with van der Waals surface area (Å²) in [5.41, 5.74) is 0. The number of nitrogens with one attached hydrogen (secondary N) is 1. The summed E-state index contributed by atoms with van der Waals surface area (Å²) in [6, 6.07) is 10.9.